The number of benzene rings is 4. The summed E-state index contributed by atoms with van der Waals surface area (Å²) in [5.41, 5.74) is 0.569. The summed E-state index contributed by atoms with van der Waals surface area (Å²) in [6.45, 7) is 0. The van der Waals surface area contributed by atoms with E-state index in [2.05, 4.69) is 4.72 Å². The summed E-state index contributed by atoms with van der Waals surface area (Å²) in [6, 6.07) is 30.2. The van der Waals surface area contributed by atoms with E-state index in [4.69, 9.17) is 0 Å². The van der Waals surface area contributed by atoms with Crippen LogP contribution >= 0.6 is 11.8 Å². The molecule has 0 aliphatic carbocycles. The molecule has 3 nitrogen and oxygen atoms in total. The van der Waals surface area contributed by atoms with Crippen LogP contribution in [-0.2, 0) is 10.0 Å². The van der Waals surface area contributed by atoms with Gasteiger partial charge in [0.05, 0.1) is 10.6 Å². The van der Waals surface area contributed by atoms with Gasteiger partial charge >= 0.3 is 0 Å². The summed E-state index contributed by atoms with van der Waals surface area (Å²) < 4.78 is 28.6. The summed E-state index contributed by atoms with van der Waals surface area (Å²) in [4.78, 5) is 2.16. The predicted molar refractivity (Wildman–Crippen MR) is 112 cm³/mol. The molecule has 0 aliphatic heterocycles. The molecule has 5 heteroatoms. The minimum Gasteiger partial charge on any atom is -0.278 e. The van der Waals surface area contributed by atoms with E-state index >= 15 is 0 Å². The summed E-state index contributed by atoms with van der Waals surface area (Å²) in [5, 5.41) is 1.91. The van der Waals surface area contributed by atoms with E-state index in [1.807, 2.05) is 78.9 Å². The maximum absolute atomic E-state index is 12.9. The molecule has 0 aromatic heterocycles. The number of sulfonamides is 1. The molecule has 27 heavy (non-hydrogen) atoms. The average Bonchev–Trinajstić information content (AvgIpc) is 2.70. The molecule has 0 fully saturated rings. The van der Waals surface area contributed by atoms with E-state index in [-0.39, 0.29) is 4.90 Å². The van der Waals surface area contributed by atoms with Gasteiger partial charge in [0, 0.05) is 9.79 Å². The average molecular weight is 392 g/mol. The van der Waals surface area contributed by atoms with Crippen molar-refractivity contribution in [2.75, 3.05) is 4.72 Å². The highest BCUT2D eigenvalue weighted by Gasteiger charge is 2.16. The van der Waals surface area contributed by atoms with Crippen LogP contribution in [0, 0.1) is 0 Å². The highest BCUT2D eigenvalue weighted by Crippen LogP contribution is 2.34. The fourth-order valence-corrected chi connectivity index (χ4v) is 4.90. The molecular weight excluding hydrogens is 374 g/mol. The molecule has 0 heterocycles. The van der Waals surface area contributed by atoms with Crippen molar-refractivity contribution in [3.63, 3.8) is 0 Å². The van der Waals surface area contributed by atoms with Crippen molar-refractivity contribution < 1.29 is 8.42 Å². The molecule has 0 saturated heterocycles. The Balaban J connectivity index is 1.66. The molecule has 4 aromatic rings. The second-order valence-electron chi connectivity index (χ2n) is 6.03. The highest BCUT2D eigenvalue weighted by atomic mass is 32.2. The van der Waals surface area contributed by atoms with Gasteiger partial charge in [-0.15, -0.1) is 0 Å². The van der Waals surface area contributed by atoms with Gasteiger partial charge in [0.25, 0.3) is 10.0 Å². The monoisotopic (exact) mass is 391 g/mol. The van der Waals surface area contributed by atoms with Gasteiger partial charge in [-0.3, -0.25) is 4.72 Å². The quantitative estimate of drug-likeness (QED) is 0.468. The van der Waals surface area contributed by atoms with Crippen LogP contribution in [0.2, 0.25) is 0 Å². The van der Waals surface area contributed by atoms with Gasteiger partial charge in [0.1, 0.15) is 0 Å². The number of rotatable bonds is 5. The first kappa shape index (κ1) is 17.6. The van der Waals surface area contributed by atoms with Crippen molar-refractivity contribution in [1.29, 1.82) is 0 Å². The molecular formula is C22H17NO2S2. The second kappa shape index (κ2) is 7.47. The maximum Gasteiger partial charge on any atom is 0.261 e. The zero-order valence-electron chi connectivity index (χ0n) is 14.4. The number of anilines is 1. The Kier molecular flexibility index (Phi) is 4.88. The Morgan fingerprint density at radius 2 is 1.33 bits per heavy atom. The van der Waals surface area contributed by atoms with Gasteiger partial charge < -0.3 is 0 Å². The predicted octanol–water partition coefficient (Wildman–Crippen LogP) is 5.79. The van der Waals surface area contributed by atoms with Gasteiger partial charge in [0.15, 0.2) is 0 Å². The topological polar surface area (TPSA) is 46.2 Å². The van der Waals surface area contributed by atoms with Crippen molar-refractivity contribution in [3.8, 4) is 0 Å². The van der Waals surface area contributed by atoms with Crippen LogP contribution in [0.15, 0.2) is 112 Å². The summed E-state index contributed by atoms with van der Waals surface area (Å²) in [6.07, 6.45) is 0. The summed E-state index contributed by atoms with van der Waals surface area (Å²) >= 11 is 1.53. The molecule has 0 saturated carbocycles. The largest absolute Gasteiger partial charge is 0.278 e. The van der Waals surface area contributed by atoms with Crippen LogP contribution in [0.5, 0.6) is 0 Å². The number of nitrogens with one attached hydrogen (secondary N) is 1. The number of hydrogen-bond donors (Lipinski definition) is 1. The van der Waals surface area contributed by atoms with E-state index in [1.54, 1.807) is 18.2 Å². The Hall–Kier alpha value is -2.76. The molecule has 4 aromatic carbocycles. The van der Waals surface area contributed by atoms with Crippen LogP contribution < -0.4 is 4.72 Å². The lowest BCUT2D eigenvalue weighted by molar-refractivity contribution is 0.601. The minimum atomic E-state index is -3.68. The first-order valence-electron chi connectivity index (χ1n) is 8.45. The van der Waals surface area contributed by atoms with Crippen molar-refractivity contribution in [1.82, 2.24) is 0 Å². The van der Waals surface area contributed by atoms with Gasteiger partial charge in [-0.1, -0.05) is 72.4 Å². The molecule has 4 rings (SSSR count). The smallest absolute Gasteiger partial charge is 0.261 e. The SMILES string of the molecule is O=S(=O)(Nc1ccccc1Sc1ccccc1)c1ccc2ccccc2c1. The lowest BCUT2D eigenvalue weighted by Crippen LogP contribution is -2.13. The summed E-state index contributed by atoms with van der Waals surface area (Å²) in [5.74, 6) is 0. The Morgan fingerprint density at radius 1 is 0.667 bits per heavy atom. The molecule has 0 unspecified atom stereocenters. The number of hydrogen-bond acceptors (Lipinski definition) is 3. The maximum atomic E-state index is 12.9. The Bertz CT molecular complexity index is 1190. The van der Waals surface area contributed by atoms with Crippen LogP contribution in [0.3, 0.4) is 0 Å². The van der Waals surface area contributed by atoms with Gasteiger partial charge in [0.2, 0.25) is 0 Å². The zero-order chi connectivity index (χ0) is 18.7. The number of para-hydroxylation sites is 1. The van der Waals surface area contributed by atoms with E-state index in [0.29, 0.717) is 5.69 Å². The lowest BCUT2D eigenvalue weighted by Gasteiger charge is -2.13. The first-order chi connectivity index (χ1) is 13.1. The molecule has 0 atom stereocenters. The fourth-order valence-electron chi connectivity index (χ4n) is 2.79. The van der Waals surface area contributed by atoms with Crippen LogP contribution in [0.1, 0.15) is 0 Å². The lowest BCUT2D eigenvalue weighted by atomic mass is 10.1. The minimum absolute atomic E-state index is 0.251. The Labute approximate surface area is 163 Å². The van der Waals surface area contributed by atoms with Crippen LogP contribution in [0.4, 0.5) is 5.69 Å². The van der Waals surface area contributed by atoms with Gasteiger partial charge in [-0.05, 0) is 47.2 Å². The fraction of sp³-hybridized carbons (Fsp3) is 0. The molecule has 0 bridgehead atoms. The third-order valence-corrected chi connectivity index (χ3v) is 6.58. The van der Waals surface area contributed by atoms with E-state index in [0.717, 1.165) is 20.6 Å². The van der Waals surface area contributed by atoms with Gasteiger partial charge in [-0.2, -0.15) is 0 Å². The zero-order valence-corrected chi connectivity index (χ0v) is 16.0. The van der Waals surface area contributed by atoms with E-state index in [9.17, 15) is 8.42 Å². The first-order valence-corrected chi connectivity index (χ1v) is 10.8. The van der Waals surface area contributed by atoms with Crippen molar-refractivity contribution in [2.24, 2.45) is 0 Å². The summed E-state index contributed by atoms with van der Waals surface area (Å²) in [7, 11) is -3.68. The van der Waals surface area contributed by atoms with Crippen molar-refractivity contribution in [2.45, 2.75) is 14.7 Å². The highest BCUT2D eigenvalue weighted by molar-refractivity contribution is 7.99. The normalized spacial score (nSPS) is 11.4. The third kappa shape index (κ3) is 3.99. The molecule has 1 N–H and O–H groups in total. The van der Waals surface area contributed by atoms with Crippen molar-refractivity contribution >= 4 is 38.2 Å². The standard InChI is InChI=1S/C22H17NO2S2/c24-27(25,20-15-14-17-8-4-5-9-18(17)16-20)23-21-12-6-7-13-22(21)26-19-10-2-1-3-11-19/h1-16,23H. The van der Waals surface area contributed by atoms with E-state index < -0.39 is 10.0 Å². The van der Waals surface area contributed by atoms with E-state index in [1.165, 1.54) is 11.8 Å². The molecule has 0 aliphatic rings. The van der Waals surface area contributed by atoms with Crippen LogP contribution in [0.25, 0.3) is 10.8 Å². The van der Waals surface area contributed by atoms with Gasteiger partial charge in [-0.25, -0.2) is 8.42 Å². The number of fused-ring (bicyclic) bond motifs is 1. The van der Waals surface area contributed by atoms with Crippen molar-refractivity contribution in [3.05, 3.63) is 97.1 Å². The second-order valence-corrected chi connectivity index (χ2v) is 8.82. The molecule has 0 spiro atoms. The van der Waals surface area contributed by atoms with Crippen LogP contribution in [-0.4, -0.2) is 8.42 Å². The molecule has 0 radical (unpaired) electrons. The molecule has 134 valence electrons. The molecule has 0 amide bonds. The Morgan fingerprint density at radius 3 is 2.15 bits per heavy atom. The third-order valence-electron chi connectivity index (χ3n) is 4.13.